The molecule has 1 aliphatic heterocycles. The Labute approximate surface area is 170 Å². The molecule has 0 saturated carbocycles. The van der Waals surface area contributed by atoms with Gasteiger partial charge in [-0.25, -0.2) is 4.98 Å². The lowest BCUT2D eigenvalue weighted by atomic mass is 9.96. The highest BCUT2D eigenvalue weighted by Crippen LogP contribution is 2.19. The first-order chi connectivity index (χ1) is 13.6. The molecule has 0 bridgehead atoms. The predicted molar refractivity (Wildman–Crippen MR) is 111 cm³/mol. The van der Waals surface area contributed by atoms with Gasteiger partial charge < -0.3 is 10.6 Å². The Hall–Kier alpha value is -2.25. The van der Waals surface area contributed by atoms with Crippen molar-refractivity contribution < 1.29 is 9.59 Å². The van der Waals surface area contributed by atoms with Crippen LogP contribution in [-0.2, 0) is 22.6 Å². The normalized spacial score (nSPS) is 15.3. The van der Waals surface area contributed by atoms with E-state index >= 15 is 0 Å². The van der Waals surface area contributed by atoms with E-state index in [1.807, 2.05) is 37.3 Å². The maximum atomic E-state index is 12.3. The number of benzene rings is 1. The molecule has 1 saturated heterocycles. The van der Waals surface area contributed by atoms with E-state index in [-0.39, 0.29) is 17.7 Å². The van der Waals surface area contributed by atoms with E-state index in [1.54, 1.807) is 11.3 Å². The van der Waals surface area contributed by atoms with Crippen molar-refractivity contribution >= 4 is 23.2 Å². The van der Waals surface area contributed by atoms with Crippen LogP contribution in [0.15, 0.2) is 35.7 Å². The second-order valence-electron chi connectivity index (χ2n) is 7.21. The molecule has 7 heteroatoms. The van der Waals surface area contributed by atoms with E-state index in [0.29, 0.717) is 19.5 Å². The number of rotatable bonds is 8. The fourth-order valence-electron chi connectivity index (χ4n) is 3.44. The van der Waals surface area contributed by atoms with E-state index in [2.05, 4.69) is 25.9 Å². The van der Waals surface area contributed by atoms with Gasteiger partial charge in [-0.3, -0.25) is 14.5 Å². The molecule has 0 spiro atoms. The van der Waals surface area contributed by atoms with E-state index in [9.17, 15) is 9.59 Å². The lowest BCUT2D eigenvalue weighted by molar-refractivity contribution is -0.126. The van der Waals surface area contributed by atoms with Crippen LogP contribution >= 0.6 is 11.3 Å². The SMILES string of the molecule is Cc1nc(CN2CCC(C(=O)NCCNC(=O)Cc3ccccc3)CC2)cs1. The molecule has 150 valence electrons. The summed E-state index contributed by atoms with van der Waals surface area (Å²) in [7, 11) is 0. The fourth-order valence-corrected chi connectivity index (χ4v) is 4.04. The second-order valence-corrected chi connectivity index (χ2v) is 8.27. The summed E-state index contributed by atoms with van der Waals surface area (Å²) >= 11 is 1.68. The Morgan fingerprint density at radius 2 is 1.86 bits per heavy atom. The number of piperidine rings is 1. The summed E-state index contributed by atoms with van der Waals surface area (Å²) in [6.45, 7) is 5.66. The van der Waals surface area contributed by atoms with E-state index in [0.717, 1.165) is 48.7 Å². The molecule has 2 heterocycles. The van der Waals surface area contributed by atoms with Crippen LogP contribution in [0.1, 0.15) is 29.1 Å². The third-order valence-corrected chi connectivity index (χ3v) is 5.79. The van der Waals surface area contributed by atoms with Gasteiger partial charge in [0.05, 0.1) is 17.1 Å². The molecule has 0 radical (unpaired) electrons. The summed E-state index contributed by atoms with van der Waals surface area (Å²) in [6, 6.07) is 9.64. The third kappa shape index (κ3) is 6.42. The van der Waals surface area contributed by atoms with Gasteiger partial charge in [0.15, 0.2) is 0 Å². The van der Waals surface area contributed by atoms with E-state index in [1.165, 1.54) is 0 Å². The van der Waals surface area contributed by atoms with Crippen LogP contribution in [-0.4, -0.2) is 47.9 Å². The monoisotopic (exact) mass is 400 g/mol. The quantitative estimate of drug-likeness (QED) is 0.666. The standard InChI is InChI=1S/C21H28N4O2S/c1-16-24-19(15-28-16)14-25-11-7-18(8-12-25)21(27)23-10-9-22-20(26)13-17-5-3-2-4-6-17/h2-6,15,18H,7-14H2,1H3,(H,22,26)(H,23,27). The zero-order chi connectivity index (χ0) is 19.8. The number of carbonyl (C=O) groups excluding carboxylic acids is 2. The first kappa shape index (κ1) is 20.5. The molecule has 3 rings (SSSR count). The highest BCUT2D eigenvalue weighted by atomic mass is 32.1. The van der Waals surface area contributed by atoms with E-state index < -0.39 is 0 Å². The smallest absolute Gasteiger partial charge is 0.224 e. The number of carbonyl (C=O) groups is 2. The molecule has 1 aliphatic rings. The molecule has 28 heavy (non-hydrogen) atoms. The largest absolute Gasteiger partial charge is 0.354 e. The Bertz CT molecular complexity index is 770. The average molecular weight is 401 g/mol. The van der Waals surface area contributed by atoms with Gasteiger partial charge in [0, 0.05) is 30.9 Å². The first-order valence-corrected chi connectivity index (χ1v) is 10.7. The van der Waals surface area contributed by atoms with Crippen molar-refractivity contribution in [2.24, 2.45) is 5.92 Å². The minimum atomic E-state index is -0.0222. The topological polar surface area (TPSA) is 74.3 Å². The van der Waals surface area contributed by atoms with Crippen LogP contribution in [0, 0.1) is 12.8 Å². The lowest BCUT2D eigenvalue weighted by Crippen LogP contribution is -2.42. The van der Waals surface area contributed by atoms with Gasteiger partial charge in [-0.1, -0.05) is 30.3 Å². The summed E-state index contributed by atoms with van der Waals surface area (Å²) in [5, 5.41) is 9.02. The van der Waals surface area contributed by atoms with Gasteiger partial charge in [-0.05, 0) is 38.4 Å². The maximum absolute atomic E-state index is 12.3. The number of nitrogens with one attached hydrogen (secondary N) is 2. The Balaban J connectivity index is 1.29. The molecular weight excluding hydrogens is 372 g/mol. The molecule has 6 nitrogen and oxygen atoms in total. The molecule has 0 atom stereocenters. The minimum Gasteiger partial charge on any atom is -0.354 e. The number of nitrogens with zero attached hydrogens (tertiary/aromatic N) is 2. The van der Waals surface area contributed by atoms with Crippen LogP contribution in [0.4, 0.5) is 0 Å². The highest BCUT2D eigenvalue weighted by Gasteiger charge is 2.25. The van der Waals surface area contributed by atoms with Crippen molar-refractivity contribution in [2.45, 2.75) is 32.7 Å². The van der Waals surface area contributed by atoms with Crippen LogP contribution < -0.4 is 10.6 Å². The van der Waals surface area contributed by atoms with Gasteiger partial charge in [0.1, 0.15) is 0 Å². The number of aromatic nitrogens is 1. The van der Waals surface area contributed by atoms with Crippen molar-refractivity contribution in [1.29, 1.82) is 0 Å². The van der Waals surface area contributed by atoms with Gasteiger partial charge >= 0.3 is 0 Å². The molecule has 1 fully saturated rings. The molecule has 2 N–H and O–H groups in total. The summed E-state index contributed by atoms with van der Waals surface area (Å²) in [6.07, 6.45) is 2.11. The van der Waals surface area contributed by atoms with Crippen LogP contribution in [0.5, 0.6) is 0 Å². The van der Waals surface area contributed by atoms with Gasteiger partial charge in [0.25, 0.3) is 0 Å². The van der Waals surface area contributed by atoms with Crippen LogP contribution in [0.25, 0.3) is 0 Å². The zero-order valence-electron chi connectivity index (χ0n) is 16.3. The lowest BCUT2D eigenvalue weighted by Gasteiger charge is -2.30. The Morgan fingerprint density at radius 1 is 1.14 bits per heavy atom. The molecule has 1 aromatic carbocycles. The Morgan fingerprint density at radius 3 is 2.54 bits per heavy atom. The first-order valence-electron chi connectivity index (χ1n) is 9.82. The summed E-state index contributed by atoms with van der Waals surface area (Å²) in [5.74, 6) is 0.140. The minimum absolute atomic E-state index is 0.0222. The van der Waals surface area contributed by atoms with E-state index in [4.69, 9.17) is 0 Å². The highest BCUT2D eigenvalue weighted by molar-refractivity contribution is 7.09. The molecule has 2 aromatic rings. The zero-order valence-corrected chi connectivity index (χ0v) is 17.1. The van der Waals surface area contributed by atoms with Crippen molar-refractivity contribution in [2.75, 3.05) is 26.2 Å². The van der Waals surface area contributed by atoms with Crippen molar-refractivity contribution in [3.8, 4) is 0 Å². The number of thiazole rings is 1. The van der Waals surface area contributed by atoms with Crippen molar-refractivity contribution in [3.05, 3.63) is 52.0 Å². The predicted octanol–water partition coefficient (Wildman–Crippen LogP) is 2.14. The van der Waals surface area contributed by atoms with Gasteiger partial charge in [-0.2, -0.15) is 0 Å². The average Bonchev–Trinajstić information content (AvgIpc) is 3.11. The van der Waals surface area contributed by atoms with Crippen LogP contribution in [0.3, 0.4) is 0 Å². The summed E-state index contributed by atoms with van der Waals surface area (Å²) < 4.78 is 0. The number of aryl methyl sites for hydroxylation is 1. The van der Waals surface area contributed by atoms with Crippen molar-refractivity contribution in [1.82, 2.24) is 20.5 Å². The molecular formula is C21H28N4O2S. The van der Waals surface area contributed by atoms with Gasteiger partial charge in [0.2, 0.25) is 11.8 Å². The molecule has 2 amide bonds. The maximum Gasteiger partial charge on any atom is 0.224 e. The third-order valence-electron chi connectivity index (χ3n) is 4.96. The number of hydrogen-bond acceptors (Lipinski definition) is 5. The van der Waals surface area contributed by atoms with Gasteiger partial charge in [-0.15, -0.1) is 11.3 Å². The Kier molecular flexibility index (Phi) is 7.56. The van der Waals surface area contributed by atoms with Crippen molar-refractivity contribution in [3.63, 3.8) is 0 Å². The summed E-state index contributed by atoms with van der Waals surface area (Å²) in [4.78, 5) is 31.1. The number of amides is 2. The fraction of sp³-hybridized carbons (Fsp3) is 0.476. The molecule has 1 aromatic heterocycles. The molecule has 0 aliphatic carbocycles. The second kappa shape index (κ2) is 10.3. The molecule has 0 unspecified atom stereocenters. The number of hydrogen-bond donors (Lipinski definition) is 2. The van der Waals surface area contributed by atoms with Crippen LogP contribution in [0.2, 0.25) is 0 Å². The summed E-state index contributed by atoms with van der Waals surface area (Å²) in [5.41, 5.74) is 2.11. The number of likely N-dealkylation sites (tertiary alicyclic amines) is 1.